The number of hydrogen-bond donors (Lipinski definition) is 3. The molecule has 1 aliphatic rings. The Balaban J connectivity index is 2.10. The molecular weight excluding hydrogens is 282 g/mol. The van der Waals surface area contributed by atoms with Gasteiger partial charge in [0.2, 0.25) is 0 Å². The van der Waals surface area contributed by atoms with E-state index in [0.717, 1.165) is 25.3 Å². The molecule has 0 saturated heterocycles. The molecule has 1 aromatic carbocycles. The Hall–Kier alpha value is -2.18. The molecule has 7 heteroatoms. The molecule has 1 saturated carbocycles. The number of halogens is 2. The summed E-state index contributed by atoms with van der Waals surface area (Å²) in [7, 11) is 0. The molecule has 0 spiro atoms. The highest BCUT2D eigenvalue weighted by Gasteiger charge is 2.25. The molecule has 3 N–H and O–H groups in total. The third kappa shape index (κ3) is 3.48. The fraction of sp³-hybridized carbons (Fsp3) is 0.429. The second-order valence-electron chi connectivity index (χ2n) is 5.23. The van der Waals surface area contributed by atoms with E-state index in [-0.39, 0.29) is 11.7 Å². The molecule has 1 aliphatic carbocycles. The van der Waals surface area contributed by atoms with Gasteiger partial charge in [-0.25, -0.2) is 18.4 Å². The van der Waals surface area contributed by atoms with Crippen LogP contribution in [0, 0.1) is 17.6 Å². The van der Waals surface area contributed by atoms with Crippen molar-refractivity contribution in [3.05, 3.63) is 29.3 Å². The highest BCUT2D eigenvalue weighted by atomic mass is 19.1. The second-order valence-corrected chi connectivity index (χ2v) is 5.23. The number of carbonyl (C=O) groups excluding carboxylic acids is 1. The minimum absolute atomic E-state index is 0.00690. The largest absolute Gasteiger partial charge is 0.478 e. The Bertz CT molecular complexity index is 578. The van der Waals surface area contributed by atoms with Crippen molar-refractivity contribution >= 4 is 17.7 Å². The van der Waals surface area contributed by atoms with Crippen LogP contribution in [-0.2, 0) is 0 Å². The number of carboxylic acids is 1. The summed E-state index contributed by atoms with van der Waals surface area (Å²) < 4.78 is 26.8. The standard InChI is InChI=1S/C14H16F2N2O3/c1-7-3-2-4-11(7)17-14(21)18-12-5-8(13(19)20)9(15)6-10(12)16/h5-7,11H,2-4H2,1H3,(H,19,20)(H2,17,18,21). The molecule has 0 aliphatic heterocycles. The van der Waals surface area contributed by atoms with Crippen molar-refractivity contribution in [1.82, 2.24) is 5.32 Å². The maximum Gasteiger partial charge on any atom is 0.338 e. The summed E-state index contributed by atoms with van der Waals surface area (Å²) in [6.07, 6.45) is 2.88. The van der Waals surface area contributed by atoms with Gasteiger partial charge < -0.3 is 15.7 Å². The number of rotatable bonds is 3. The van der Waals surface area contributed by atoms with Gasteiger partial charge in [0.05, 0.1) is 11.3 Å². The first-order chi connectivity index (χ1) is 9.88. The molecule has 0 radical (unpaired) electrons. The van der Waals surface area contributed by atoms with E-state index in [4.69, 9.17) is 5.11 Å². The molecule has 2 amide bonds. The van der Waals surface area contributed by atoms with Crippen LogP contribution >= 0.6 is 0 Å². The van der Waals surface area contributed by atoms with E-state index < -0.39 is 29.2 Å². The van der Waals surface area contributed by atoms with Crippen molar-refractivity contribution < 1.29 is 23.5 Å². The van der Waals surface area contributed by atoms with Crippen molar-refractivity contribution in [2.75, 3.05) is 5.32 Å². The number of hydrogen-bond acceptors (Lipinski definition) is 2. The first-order valence-electron chi connectivity index (χ1n) is 6.68. The van der Waals surface area contributed by atoms with Crippen LogP contribution in [0.2, 0.25) is 0 Å². The number of aromatic carboxylic acids is 1. The van der Waals surface area contributed by atoms with Crippen molar-refractivity contribution in [3.8, 4) is 0 Å². The normalized spacial score (nSPS) is 21.1. The zero-order valence-corrected chi connectivity index (χ0v) is 11.5. The van der Waals surface area contributed by atoms with Crippen LogP contribution in [0.1, 0.15) is 36.5 Å². The summed E-state index contributed by atoms with van der Waals surface area (Å²) in [6.45, 7) is 2.01. The molecule has 5 nitrogen and oxygen atoms in total. The third-order valence-corrected chi connectivity index (χ3v) is 3.71. The first kappa shape index (κ1) is 15.2. The minimum Gasteiger partial charge on any atom is -0.478 e. The van der Waals surface area contributed by atoms with Crippen molar-refractivity contribution in [2.24, 2.45) is 5.92 Å². The summed E-state index contributed by atoms with van der Waals surface area (Å²) in [5.41, 5.74) is -1.06. The number of carbonyl (C=O) groups is 2. The molecule has 0 aromatic heterocycles. The SMILES string of the molecule is CC1CCCC1NC(=O)Nc1cc(C(=O)O)c(F)cc1F. The zero-order valence-electron chi connectivity index (χ0n) is 11.5. The topological polar surface area (TPSA) is 78.4 Å². The molecule has 1 aromatic rings. The summed E-state index contributed by atoms with van der Waals surface area (Å²) in [5.74, 6) is -3.40. The number of nitrogens with one attached hydrogen (secondary N) is 2. The van der Waals surface area contributed by atoms with Gasteiger partial charge >= 0.3 is 12.0 Å². The molecule has 0 bridgehead atoms. The maximum atomic E-state index is 13.6. The number of amides is 2. The summed E-state index contributed by atoms with van der Waals surface area (Å²) in [5, 5.41) is 13.7. The Morgan fingerprint density at radius 3 is 2.52 bits per heavy atom. The minimum atomic E-state index is -1.53. The van der Waals surface area contributed by atoms with E-state index in [0.29, 0.717) is 12.0 Å². The van der Waals surface area contributed by atoms with Crippen molar-refractivity contribution in [3.63, 3.8) is 0 Å². The van der Waals surface area contributed by atoms with Gasteiger partial charge in [-0.3, -0.25) is 0 Å². The lowest BCUT2D eigenvalue weighted by molar-refractivity contribution is 0.0692. The highest BCUT2D eigenvalue weighted by molar-refractivity contribution is 5.93. The number of urea groups is 1. The predicted octanol–water partition coefficient (Wildman–Crippen LogP) is 2.97. The van der Waals surface area contributed by atoms with Crippen LogP contribution in [0.25, 0.3) is 0 Å². The summed E-state index contributed by atoms with van der Waals surface area (Å²) in [4.78, 5) is 22.6. The monoisotopic (exact) mass is 298 g/mol. The van der Waals surface area contributed by atoms with Gasteiger partial charge in [0, 0.05) is 12.1 Å². The summed E-state index contributed by atoms with van der Waals surface area (Å²) in [6, 6.07) is 0.588. The quantitative estimate of drug-likeness (QED) is 0.802. The molecule has 21 heavy (non-hydrogen) atoms. The average molecular weight is 298 g/mol. The fourth-order valence-electron chi connectivity index (χ4n) is 2.50. The molecule has 2 atom stereocenters. The second kappa shape index (κ2) is 6.07. The molecule has 0 heterocycles. The fourth-order valence-corrected chi connectivity index (χ4v) is 2.50. The summed E-state index contributed by atoms with van der Waals surface area (Å²) >= 11 is 0. The molecule has 2 rings (SSSR count). The Labute approximate surface area is 120 Å². The van der Waals surface area contributed by atoms with Crippen LogP contribution in [0.5, 0.6) is 0 Å². The van der Waals surface area contributed by atoms with Crippen LogP contribution in [0.3, 0.4) is 0 Å². The third-order valence-electron chi connectivity index (χ3n) is 3.71. The van der Waals surface area contributed by atoms with Gasteiger partial charge in [-0.1, -0.05) is 13.3 Å². The van der Waals surface area contributed by atoms with E-state index in [1.54, 1.807) is 0 Å². The van der Waals surface area contributed by atoms with E-state index in [1.165, 1.54) is 0 Å². The van der Waals surface area contributed by atoms with Gasteiger partial charge in [-0.15, -0.1) is 0 Å². The lowest BCUT2D eigenvalue weighted by atomic mass is 10.1. The maximum absolute atomic E-state index is 13.6. The van der Waals surface area contributed by atoms with Crippen LogP contribution in [0.15, 0.2) is 12.1 Å². The lowest BCUT2D eigenvalue weighted by Gasteiger charge is -2.18. The van der Waals surface area contributed by atoms with E-state index >= 15 is 0 Å². The van der Waals surface area contributed by atoms with Crippen LogP contribution in [0.4, 0.5) is 19.3 Å². The van der Waals surface area contributed by atoms with Crippen LogP contribution < -0.4 is 10.6 Å². The van der Waals surface area contributed by atoms with Crippen LogP contribution in [-0.4, -0.2) is 23.1 Å². The van der Waals surface area contributed by atoms with Gasteiger partial charge in [0.1, 0.15) is 11.6 Å². The molecular formula is C14H16F2N2O3. The number of benzene rings is 1. The Morgan fingerprint density at radius 1 is 1.24 bits per heavy atom. The first-order valence-corrected chi connectivity index (χ1v) is 6.68. The van der Waals surface area contributed by atoms with E-state index in [2.05, 4.69) is 10.6 Å². The van der Waals surface area contributed by atoms with E-state index in [9.17, 15) is 18.4 Å². The van der Waals surface area contributed by atoms with Gasteiger partial charge in [0.15, 0.2) is 0 Å². The average Bonchev–Trinajstić information content (AvgIpc) is 2.78. The Kier molecular flexibility index (Phi) is 4.40. The predicted molar refractivity (Wildman–Crippen MR) is 72.3 cm³/mol. The Morgan fingerprint density at radius 2 is 1.95 bits per heavy atom. The highest BCUT2D eigenvalue weighted by Crippen LogP contribution is 2.25. The van der Waals surface area contributed by atoms with Gasteiger partial charge in [-0.2, -0.15) is 0 Å². The van der Waals surface area contributed by atoms with E-state index in [1.807, 2.05) is 6.92 Å². The van der Waals surface area contributed by atoms with Crippen molar-refractivity contribution in [1.29, 1.82) is 0 Å². The lowest BCUT2D eigenvalue weighted by Crippen LogP contribution is -2.39. The van der Waals surface area contributed by atoms with Gasteiger partial charge in [0.25, 0.3) is 0 Å². The molecule has 114 valence electrons. The number of anilines is 1. The zero-order chi connectivity index (χ0) is 15.6. The molecule has 1 fully saturated rings. The molecule has 2 unspecified atom stereocenters. The number of carboxylic acid groups (broad SMARTS) is 1. The smallest absolute Gasteiger partial charge is 0.338 e. The van der Waals surface area contributed by atoms with Crippen molar-refractivity contribution in [2.45, 2.75) is 32.2 Å². The van der Waals surface area contributed by atoms with Gasteiger partial charge in [-0.05, 0) is 24.8 Å².